The third-order valence-electron chi connectivity index (χ3n) is 3.94. The van der Waals surface area contributed by atoms with Gasteiger partial charge in [-0.1, -0.05) is 6.07 Å². The molecule has 1 atom stereocenters. The van der Waals surface area contributed by atoms with E-state index >= 15 is 0 Å². The van der Waals surface area contributed by atoms with E-state index in [1.165, 1.54) is 18.4 Å². The predicted octanol–water partition coefficient (Wildman–Crippen LogP) is 2.10. The Morgan fingerprint density at radius 3 is 3.11 bits per heavy atom. The molecule has 0 aromatic heterocycles. The van der Waals surface area contributed by atoms with E-state index < -0.39 is 0 Å². The van der Waals surface area contributed by atoms with Crippen molar-refractivity contribution < 1.29 is 14.2 Å². The van der Waals surface area contributed by atoms with Crippen LogP contribution in [0.4, 0.5) is 0 Å². The number of ether oxygens (including phenoxy) is 3. The van der Waals surface area contributed by atoms with E-state index in [-0.39, 0.29) is 0 Å². The van der Waals surface area contributed by atoms with Crippen molar-refractivity contribution in [1.82, 2.24) is 5.32 Å². The van der Waals surface area contributed by atoms with E-state index in [0.717, 1.165) is 36.6 Å². The number of fused-ring (bicyclic) bond motifs is 1. The second-order valence-electron chi connectivity index (χ2n) is 5.29. The molecular weight excluding hydrogens is 242 g/mol. The van der Waals surface area contributed by atoms with Gasteiger partial charge in [0.2, 0.25) is 6.79 Å². The second-order valence-corrected chi connectivity index (χ2v) is 5.29. The second kappa shape index (κ2) is 5.80. The van der Waals surface area contributed by atoms with Crippen LogP contribution in [-0.2, 0) is 17.8 Å². The molecule has 1 saturated heterocycles. The Kier molecular flexibility index (Phi) is 3.89. The summed E-state index contributed by atoms with van der Waals surface area (Å²) in [7, 11) is 1.72. The largest absolute Gasteiger partial charge is 0.454 e. The van der Waals surface area contributed by atoms with Crippen molar-refractivity contribution in [3.63, 3.8) is 0 Å². The maximum atomic E-state index is 5.59. The molecule has 1 fully saturated rings. The number of benzene rings is 1. The summed E-state index contributed by atoms with van der Waals surface area (Å²) in [5.74, 6) is 2.44. The molecule has 0 saturated carbocycles. The van der Waals surface area contributed by atoms with E-state index in [4.69, 9.17) is 14.2 Å². The SMILES string of the molecule is COCc1c(CC2CCCNC2)ccc2c1OCO2. The highest BCUT2D eigenvalue weighted by atomic mass is 16.7. The van der Waals surface area contributed by atoms with Crippen molar-refractivity contribution in [2.75, 3.05) is 27.0 Å². The Morgan fingerprint density at radius 1 is 1.37 bits per heavy atom. The molecule has 0 spiro atoms. The van der Waals surface area contributed by atoms with Gasteiger partial charge in [-0.2, -0.15) is 0 Å². The van der Waals surface area contributed by atoms with Gasteiger partial charge in [-0.05, 0) is 49.9 Å². The molecule has 2 aliphatic heterocycles. The van der Waals surface area contributed by atoms with Gasteiger partial charge in [0.15, 0.2) is 11.5 Å². The average molecular weight is 263 g/mol. The Bertz CT molecular complexity index is 441. The summed E-state index contributed by atoms with van der Waals surface area (Å²) in [5.41, 5.74) is 2.49. The highest BCUT2D eigenvalue weighted by Crippen LogP contribution is 2.38. The van der Waals surface area contributed by atoms with Crippen LogP contribution in [0.2, 0.25) is 0 Å². The molecule has 0 bridgehead atoms. The zero-order chi connectivity index (χ0) is 13.1. The molecule has 1 unspecified atom stereocenters. The lowest BCUT2D eigenvalue weighted by molar-refractivity contribution is 0.162. The summed E-state index contributed by atoms with van der Waals surface area (Å²) in [6.45, 7) is 3.17. The minimum atomic E-state index is 0.320. The molecule has 1 aromatic carbocycles. The summed E-state index contributed by atoms with van der Waals surface area (Å²) in [4.78, 5) is 0. The van der Waals surface area contributed by atoms with Gasteiger partial charge in [0, 0.05) is 12.7 Å². The van der Waals surface area contributed by atoms with Crippen molar-refractivity contribution in [2.24, 2.45) is 5.92 Å². The van der Waals surface area contributed by atoms with Gasteiger partial charge in [-0.15, -0.1) is 0 Å². The molecule has 4 heteroatoms. The van der Waals surface area contributed by atoms with Gasteiger partial charge in [-0.25, -0.2) is 0 Å². The molecule has 3 rings (SSSR count). The first-order valence-electron chi connectivity index (χ1n) is 6.98. The van der Waals surface area contributed by atoms with E-state index in [2.05, 4.69) is 11.4 Å². The number of nitrogens with one attached hydrogen (secondary N) is 1. The van der Waals surface area contributed by atoms with E-state index in [9.17, 15) is 0 Å². The molecule has 0 amide bonds. The lowest BCUT2D eigenvalue weighted by Crippen LogP contribution is -2.31. The number of hydrogen-bond acceptors (Lipinski definition) is 4. The molecule has 1 N–H and O–H groups in total. The normalized spacial score (nSPS) is 21.6. The van der Waals surface area contributed by atoms with Gasteiger partial charge >= 0.3 is 0 Å². The number of hydrogen-bond donors (Lipinski definition) is 1. The summed E-state index contributed by atoms with van der Waals surface area (Å²) in [5, 5.41) is 3.47. The summed E-state index contributed by atoms with van der Waals surface area (Å²) < 4.78 is 16.4. The maximum Gasteiger partial charge on any atom is 0.231 e. The van der Waals surface area contributed by atoms with Gasteiger partial charge in [0.05, 0.1) is 6.61 Å². The third kappa shape index (κ3) is 2.69. The first kappa shape index (κ1) is 12.8. The average Bonchev–Trinajstić information content (AvgIpc) is 2.91. The standard InChI is InChI=1S/C15H21NO3/c1-17-9-13-12(7-11-3-2-6-16-8-11)4-5-14-15(13)19-10-18-14/h4-5,11,16H,2-3,6-10H2,1H3. The van der Waals surface area contributed by atoms with Gasteiger partial charge in [0.25, 0.3) is 0 Å². The quantitative estimate of drug-likeness (QED) is 0.903. The lowest BCUT2D eigenvalue weighted by Gasteiger charge is -2.24. The van der Waals surface area contributed by atoms with Gasteiger partial charge in [-0.3, -0.25) is 0 Å². The zero-order valence-electron chi connectivity index (χ0n) is 11.4. The fraction of sp³-hybridized carbons (Fsp3) is 0.600. The van der Waals surface area contributed by atoms with Crippen LogP contribution in [0.15, 0.2) is 12.1 Å². The van der Waals surface area contributed by atoms with Crippen molar-refractivity contribution in [1.29, 1.82) is 0 Å². The molecule has 2 aliphatic rings. The Labute approximate surface area is 114 Å². The van der Waals surface area contributed by atoms with Crippen molar-refractivity contribution >= 4 is 0 Å². The molecule has 0 aliphatic carbocycles. The van der Waals surface area contributed by atoms with Crippen LogP contribution in [0, 0.1) is 5.92 Å². The smallest absolute Gasteiger partial charge is 0.231 e. The van der Waals surface area contributed by atoms with Crippen LogP contribution in [0.1, 0.15) is 24.0 Å². The van der Waals surface area contributed by atoms with E-state index in [1.807, 2.05) is 6.07 Å². The molecule has 19 heavy (non-hydrogen) atoms. The highest BCUT2D eigenvalue weighted by Gasteiger charge is 2.23. The highest BCUT2D eigenvalue weighted by molar-refractivity contribution is 5.52. The summed E-state index contributed by atoms with van der Waals surface area (Å²) >= 11 is 0. The monoisotopic (exact) mass is 263 g/mol. The lowest BCUT2D eigenvalue weighted by atomic mass is 9.90. The van der Waals surface area contributed by atoms with Gasteiger partial charge in [0.1, 0.15) is 0 Å². The first-order valence-corrected chi connectivity index (χ1v) is 6.98. The minimum absolute atomic E-state index is 0.320. The Morgan fingerprint density at radius 2 is 2.32 bits per heavy atom. The van der Waals surface area contributed by atoms with Crippen LogP contribution in [0.3, 0.4) is 0 Å². The molecule has 2 heterocycles. The van der Waals surface area contributed by atoms with Gasteiger partial charge < -0.3 is 19.5 Å². The Balaban J connectivity index is 1.83. The van der Waals surface area contributed by atoms with E-state index in [1.54, 1.807) is 7.11 Å². The van der Waals surface area contributed by atoms with Crippen LogP contribution >= 0.6 is 0 Å². The maximum absolute atomic E-state index is 5.59. The molecule has 104 valence electrons. The number of piperidine rings is 1. The zero-order valence-corrected chi connectivity index (χ0v) is 11.4. The number of methoxy groups -OCH3 is 1. The minimum Gasteiger partial charge on any atom is -0.454 e. The van der Waals surface area contributed by atoms with Crippen LogP contribution in [-0.4, -0.2) is 27.0 Å². The molecule has 0 radical (unpaired) electrons. The molecule has 1 aromatic rings. The van der Waals surface area contributed by atoms with Crippen LogP contribution < -0.4 is 14.8 Å². The summed E-state index contributed by atoms with van der Waals surface area (Å²) in [6, 6.07) is 4.18. The fourth-order valence-corrected chi connectivity index (χ4v) is 2.97. The number of rotatable bonds is 4. The molecule has 4 nitrogen and oxygen atoms in total. The van der Waals surface area contributed by atoms with Crippen molar-refractivity contribution in [2.45, 2.75) is 25.9 Å². The van der Waals surface area contributed by atoms with Crippen molar-refractivity contribution in [3.05, 3.63) is 23.3 Å². The Hall–Kier alpha value is -1.26. The van der Waals surface area contributed by atoms with E-state index in [0.29, 0.717) is 19.3 Å². The fourth-order valence-electron chi connectivity index (χ4n) is 2.97. The third-order valence-corrected chi connectivity index (χ3v) is 3.94. The van der Waals surface area contributed by atoms with Crippen LogP contribution in [0.25, 0.3) is 0 Å². The van der Waals surface area contributed by atoms with Crippen molar-refractivity contribution in [3.8, 4) is 11.5 Å². The predicted molar refractivity (Wildman–Crippen MR) is 72.6 cm³/mol. The summed E-state index contributed by atoms with van der Waals surface area (Å²) in [6.07, 6.45) is 3.66. The molecular formula is C15H21NO3. The first-order chi connectivity index (χ1) is 9.38. The topological polar surface area (TPSA) is 39.7 Å². The van der Waals surface area contributed by atoms with Crippen LogP contribution in [0.5, 0.6) is 11.5 Å².